The van der Waals surface area contributed by atoms with Crippen molar-refractivity contribution in [3.05, 3.63) is 65.7 Å². The summed E-state index contributed by atoms with van der Waals surface area (Å²) < 4.78 is 2.18. The molecule has 0 saturated heterocycles. The van der Waals surface area contributed by atoms with E-state index in [1.165, 1.54) is 10.7 Å². The van der Waals surface area contributed by atoms with E-state index >= 15 is 0 Å². The fraction of sp³-hybridized carbons (Fsp3) is 0.316. The van der Waals surface area contributed by atoms with Gasteiger partial charge >= 0.3 is 5.17 Å². The number of aryl methyl sites for hydroxylation is 1. The molecular weight excluding hydrogens is 304 g/mol. The Balaban J connectivity index is 1.80. The van der Waals surface area contributed by atoms with Crippen LogP contribution in [0.4, 0.5) is 5.69 Å². The molecule has 2 aromatic rings. The van der Waals surface area contributed by atoms with Crippen molar-refractivity contribution < 1.29 is 9.68 Å². The Morgan fingerprint density at radius 1 is 1.09 bits per heavy atom. The maximum Gasteiger partial charge on any atom is 0.316 e. The predicted molar refractivity (Wildman–Crippen MR) is 96.1 cm³/mol. The number of β-amino-alcohol motifs (C(OH)–C–C–N with tert-alkyl or cyclic N) is 1. The van der Waals surface area contributed by atoms with E-state index < -0.39 is 5.72 Å². The van der Waals surface area contributed by atoms with Gasteiger partial charge in [0.05, 0.1) is 6.54 Å². The number of para-hydroxylation sites is 1. The van der Waals surface area contributed by atoms with Crippen LogP contribution in [-0.2, 0) is 5.72 Å². The van der Waals surface area contributed by atoms with Crippen molar-refractivity contribution >= 4 is 22.6 Å². The normalized spacial score (nSPS) is 24.0. The summed E-state index contributed by atoms with van der Waals surface area (Å²) in [7, 11) is 0. The van der Waals surface area contributed by atoms with Gasteiger partial charge in [-0.25, -0.2) is 9.48 Å². The predicted octanol–water partition coefficient (Wildman–Crippen LogP) is 3.17. The van der Waals surface area contributed by atoms with Gasteiger partial charge in [-0.1, -0.05) is 48.0 Å². The molecule has 0 amide bonds. The SMILES string of the molecule is Cc1ccc([C@]2(O)CN(c3ccccc3)C3=[N+]2CCCS3)cc1. The zero-order valence-electron chi connectivity index (χ0n) is 13.3. The monoisotopic (exact) mass is 325 g/mol. The van der Waals surface area contributed by atoms with E-state index in [4.69, 9.17) is 0 Å². The van der Waals surface area contributed by atoms with E-state index in [1.54, 1.807) is 0 Å². The van der Waals surface area contributed by atoms with Crippen LogP contribution in [0, 0.1) is 6.92 Å². The topological polar surface area (TPSA) is 26.5 Å². The van der Waals surface area contributed by atoms with E-state index in [2.05, 4.69) is 64.9 Å². The molecular formula is C19H21N2OS+. The smallest absolute Gasteiger partial charge is 0.316 e. The number of hydrogen-bond donors (Lipinski definition) is 1. The number of thioether (sulfide) groups is 1. The molecule has 2 aliphatic rings. The molecule has 3 nitrogen and oxygen atoms in total. The summed E-state index contributed by atoms with van der Waals surface area (Å²) >= 11 is 1.85. The molecule has 2 aromatic carbocycles. The van der Waals surface area contributed by atoms with Gasteiger partial charge in [-0.3, -0.25) is 0 Å². The Morgan fingerprint density at radius 2 is 1.83 bits per heavy atom. The molecule has 0 fully saturated rings. The summed E-state index contributed by atoms with van der Waals surface area (Å²) in [5.74, 6) is 1.11. The Hall–Kier alpha value is -1.78. The fourth-order valence-electron chi connectivity index (χ4n) is 3.38. The lowest BCUT2D eigenvalue weighted by Crippen LogP contribution is -2.41. The van der Waals surface area contributed by atoms with Crippen molar-refractivity contribution in [2.75, 3.05) is 23.7 Å². The number of anilines is 1. The third-order valence-electron chi connectivity index (χ3n) is 4.63. The maximum absolute atomic E-state index is 11.5. The van der Waals surface area contributed by atoms with Gasteiger partial charge < -0.3 is 5.11 Å². The highest BCUT2D eigenvalue weighted by Crippen LogP contribution is 2.37. The highest BCUT2D eigenvalue weighted by atomic mass is 32.2. The summed E-state index contributed by atoms with van der Waals surface area (Å²) in [6.07, 6.45) is 1.10. The Labute approximate surface area is 141 Å². The molecule has 4 rings (SSSR count). The standard InChI is InChI=1S/C19H21N2OS/c1-15-8-10-16(11-9-15)19(22)14-20(17-6-3-2-4-7-17)18-21(19)12-5-13-23-18/h2-4,6-11,22H,5,12-14H2,1H3/q+1/t19-/m1/s1. The number of nitrogens with zero attached hydrogens (tertiary/aromatic N) is 2. The summed E-state index contributed by atoms with van der Waals surface area (Å²) in [6, 6.07) is 18.6. The van der Waals surface area contributed by atoms with Crippen LogP contribution in [0.3, 0.4) is 0 Å². The van der Waals surface area contributed by atoms with E-state index in [9.17, 15) is 5.11 Å². The second-order valence-electron chi connectivity index (χ2n) is 6.24. The van der Waals surface area contributed by atoms with Crippen LogP contribution in [0.1, 0.15) is 17.5 Å². The van der Waals surface area contributed by atoms with Gasteiger partial charge in [0.2, 0.25) is 0 Å². The molecule has 1 N–H and O–H groups in total. The first-order valence-corrected chi connectivity index (χ1v) is 9.06. The number of hydrogen-bond acceptors (Lipinski definition) is 3. The van der Waals surface area contributed by atoms with Gasteiger partial charge in [-0.2, -0.15) is 0 Å². The second kappa shape index (κ2) is 5.69. The summed E-state index contributed by atoms with van der Waals surface area (Å²) in [4.78, 5) is 2.25. The first-order valence-electron chi connectivity index (χ1n) is 8.08. The van der Waals surface area contributed by atoms with Crippen LogP contribution >= 0.6 is 11.8 Å². The minimum absolute atomic E-state index is 0.572. The van der Waals surface area contributed by atoms with Gasteiger partial charge in [0.1, 0.15) is 5.69 Å². The van der Waals surface area contributed by atoms with Gasteiger partial charge in [0, 0.05) is 11.3 Å². The number of benzene rings is 2. The zero-order valence-corrected chi connectivity index (χ0v) is 14.1. The number of aliphatic hydroxyl groups is 1. The summed E-state index contributed by atoms with van der Waals surface area (Å²) in [5, 5.41) is 12.7. The van der Waals surface area contributed by atoms with E-state index in [0.717, 1.165) is 30.0 Å². The minimum atomic E-state index is -0.952. The lowest BCUT2D eigenvalue weighted by molar-refractivity contribution is -0.656. The Morgan fingerprint density at radius 3 is 2.57 bits per heavy atom. The lowest BCUT2D eigenvalue weighted by atomic mass is 10.0. The first-order chi connectivity index (χ1) is 11.2. The zero-order chi connectivity index (χ0) is 15.9. The average molecular weight is 325 g/mol. The maximum atomic E-state index is 11.5. The van der Waals surface area contributed by atoms with E-state index in [1.807, 2.05) is 17.8 Å². The largest absolute Gasteiger partial charge is 0.346 e. The molecule has 1 atom stereocenters. The highest BCUT2D eigenvalue weighted by molar-refractivity contribution is 8.13. The number of amidine groups is 1. The van der Waals surface area contributed by atoms with Crippen LogP contribution in [0.15, 0.2) is 54.6 Å². The van der Waals surface area contributed by atoms with Crippen LogP contribution in [0.5, 0.6) is 0 Å². The van der Waals surface area contributed by atoms with Gasteiger partial charge in [0.25, 0.3) is 5.72 Å². The Kier molecular flexibility index (Phi) is 3.66. The van der Waals surface area contributed by atoms with E-state index in [0.29, 0.717) is 6.54 Å². The van der Waals surface area contributed by atoms with Crippen molar-refractivity contribution in [3.63, 3.8) is 0 Å². The molecule has 23 heavy (non-hydrogen) atoms. The number of rotatable bonds is 2. The summed E-state index contributed by atoms with van der Waals surface area (Å²) in [5.41, 5.74) is 2.38. The third kappa shape index (κ3) is 2.46. The fourth-order valence-corrected chi connectivity index (χ4v) is 4.56. The lowest BCUT2D eigenvalue weighted by Gasteiger charge is -2.24. The van der Waals surface area contributed by atoms with Crippen LogP contribution in [0.25, 0.3) is 0 Å². The molecule has 0 radical (unpaired) electrons. The quantitative estimate of drug-likeness (QED) is 0.859. The molecule has 0 aromatic heterocycles. The van der Waals surface area contributed by atoms with Crippen LogP contribution in [-0.4, -0.2) is 33.7 Å². The molecule has 0 bridgehead atoms. The molecule has 2 aliphatic heterocycles. The van der Waals surface area contributed by atoms with Gasteiger partial charge in [-0.05, 0) is 37.2 Å². The van der Waals surface area contributed by atoms with Crippen molar-refractivity contribution in [1.82, 2.24) is 0 Å². The van der Waals surface area contributed by atoms with Gasteiger partial charge in [-0.15, -0.1) is 0 Å². The van der Waals surface area contributed by atoms with Crippen molar-refractivity contribution in [2.24, 2.45) is 0 Å². The van der Waals surface area contributed by atoms with Crippen molar-refractivity contribution in [3.8, 4) is 0 Å². The molecule has 0 unspecified atom stereocenters. The van der Waals surface area contributed by atoms with Gasteiger partial charge in [0.15, 0.2) is 6.54 Å². The molecule has 4 heteroatoms. The molecule has 2 heterocycles. The molecule has 0 aliphatic carbocycles. The minimum Gasteiger partial charge on any atom is -0.346 e. The average Bonchev–Trinajstić information content (AvgIpc) is 2.91. The van der Waals surface area contributed by atoms with E-state index in [-0.39, 0.29) is 0 Å². The van der Waals surface area contributed by atoms with Crippen LogP contribution in [0.2, 0.25) is 0 Å². The third-order valence-corrected chi connectivity index (χ3v) is 5.82. The van der Waals surface area contributed by atoms with Crippen LogP contribution < -0.4 is 4.90 Å². The Bertz CT molecular complexity index is 742. The molecule has 0 spiro atoms. The summed E-state index contributed by atoms with van der Waals surface area (Å²) in [6.45, 7) is 3.55. The second-order valence-corrected chi connectivity index (χ2v) is 7.30. The molecule has 0 saturated carbocycles. The van der Waals surface area contributed by atoms with Crippen molar-refractivity contribution in [2.45, 2.75) is 19.1 Å². The van der Waals surface area contributed by atoms with Crippen molar-refractivity contribution in [1.29, 1.82) is 0 Å². The molecule has 118 valence electrons. The highest BCUT2D eigenvalue weighted by Gasteiger charge is 2.53. The first kappa shape index (κ1) is 14.8.